The Labute approximate surface area is 164 Å². The number of hydrogen-bond donors (Lipinski definition) is 2. The van der Waals surface area contributed by atoms with E-state index in [9.17, 15) is 9.90 Å². The Morgan fingerprint density at radius 1 is 1.11 bits per heavy atom. The van der Waals surface area contributed by atoms with Gasteiger partial charge in [0, 0.05) is 29.9 Å². The summed E-state index contributed by atoms with van der Waals surface area (Å²) in [4.78, 5) is 25.9. The molecule has 3 aromatic rings. The summed E-state index contributed by atoms with van der Waals surface area (Å²) >= 11 is 0. The van der Waals surface area contributed by atoms with Gasteiger partial charge in [0.25, 0.3) is 5.91 Å². The predicted octanol–water partition coefficient (Wildman–Crippen LogP) is 3.39. The average Bonchev–Trinajstić information content (AvgIpc) is 2.69. The third kappa shape index (κ3) is 3.73. The molecule has 1 aliphatic carbocycles. The lowest BCUT2D eigenvalue weighted by Crippen LogP contribution is -2.41. The molecule has 6 heteroatoms. The van der Waals surface area contributed by atoms with Crippen molar-refractivity contribution in [3.05, 3.63) is 65.9 Å². The Bertz CT molecular complexity index is 981. The van der Waals surface area contributed by atoms with Crippen LogP contribution in [0.25, 0.3) is 10.9 Å². The smallest absolute Gasteiger partial charge is 0.254 e. The van der Waals surface area contributed by atoms with Crippen molar-refractivity contribution in [1.82, 2.24) is 20.3 Å². The van der Waals surface area contributed by atoms with Gasteiger partial charge >= 0.3 is 0 Å². The number of nitrogens with one attached hydrogen (secondary N) is 1. The van der Waals surface area contributed by atoms with Crippen molar-refractivity contribution in [3.63, 3.8) is 0 Å². The number of para-hydroxylation sites is 1. The quantitative estimate of drug-likeness (QED) is 0.713. The molecule has 1 fully saturated rings. The van der Waals surface area contributed by atoms with Gasteiger partial charge in [-0.05, 0) is 36.5 Å². The van der Waals surface area contributed by atoms with Crippen LogP contribution in [0.4, 0.5) is 0 Å². The van der Waals surface area contributed by atoms with Crippen LogP contribution >= 0.6 is 0 Å². The van der Waals surface area contributed by atoms with E-state index in [1.165, 1.54) is 0 Å². The molecule has 0 radical (unpaired) electrons. The van der Waals surface area contributed by atoms with E-state index in [1.807, 2.05) is 44.3 Å². The fourth-order valence-electron chi connectivity index (χ4n) is 3.61. The zero-order valence-corrected chi connectivity index (χ0v) is 16.0. The zero-order valence-electron chi connectivity index (χ0n) is 16.0. The average molecular weight is 376 g/mol. The fourth-order valence-corrected chi connectivity index (χ4v) is 3.61. The van der Waals surface area contributed by atoms with Gasteiger partial charge in [0.15, 0.2) is 0 Å². The molecule has 2 heterocycles. The number of carbonyl (C=O) groups excluding carboxylic acids is 1. The van der Waals surface area contributed by atoms with Crippen molar-refractivity contribution in [2.45, 2.75) is 44.8 Å². The minimum atomic E-state index is -0.300. The van der Waals surface area contributed by atoms with Crippen molar-refractivity contribution < 1.29 is 9.90 Å². The van der Waals surface area contributed by atoms with E-state index in [-0.39, 0.29) is 29.9 Å². The van der Waals surface area contributed by atoms with Crippen molar-refractivity contribution in [2.75, 3.05) is 0 Å². The normalized spacial score (nSPS) is 20.0. The van der Waals surface area contributed by atoms with Gasteiger partial charge in [0.1, 0.15) is 5.82 Å². The lowest BCUT2D eigenvalue weighted by molar-refractivity contribution is 0.0235. The van der Waals surface area contributed by atoms with Crippen LogP contribution in [0.1, 0.15) is 60.4 Å². The summed E-state index contributed by atoms with van der Waals surface area (Å²) in [6, 6.07) is 9.76. The maximum Gasteiger partial charge on any atom is 0.254 e. The van der Waals surface area contributed by atoms with Crippen LogP contribution in [-0.4, -0.2) is 32.1 Å². The van der Waals surface area contributed by atoms with E-state index >= 15 is 0 Å². The van der Waals surface area contributed by atoms with Crippen molar-refractivity contribution in [1.29, 1.82) is 0 Å². The number of carbonyl (C=O) groups is 1. The molecule has 0 aliphatic heterocycles. The molecule has 1 amide bonds. The van der Waals surface area contributed by atoms with Crippen LogP contribution < -0.4 is 5.32 Å². The molecule has 1 aliphatic rings. The number of amides is 1. The molecular formula is C22H24N4O2. The Kier molecular flexibility index (Phi) is 5.05. The molecule has 6 nitrogen and oxygen atoms in total. The molecule has 1 aromatic carbocycles. The highest BCUT2D eigenvalue weighted by atomic mass is 16.3. The summed E-state index contributed by atoms with van der Waals surface area (Å²) < 4.78 is 0. The van der Waals surface area contributed by atoms with E-state index in [0.29, 0.717) is 24.2 Å². The van der Waals surface area contributed by atoms with Gasteiger partial charge in [-0.3, -0.25) is 9.78 Å². The van der Waals surface area contributed by atoms with E-state index < -0.39 is 0 Å². The molecule has 0 bridgehead atoms. The molecule has 1 saturated carbocycles. The summed E-state index contributed by atoms with van der Waals surface area (Å²) in [6.45, 7) is 4.03. The third-order valence-corrected chi connectivity index (χ3v) is 5.33. The van der Waals surface area contributed by atoms with Crippen molar-refractivity contribution >= 4 is 16.8 Å². The number of aliphatic hydroxyl groups is 1. The molecule has 0 unspecified atom stereocenters. The van der Waals surface area contributed by atoms with Gasteiger partial charge in [-0.2, -0.15) is 0 Å². The summed E-state index contributed by atoms with van der Waals surface area (Å²) in [7, 11) is 0. The Hall–Kier alpha value is -2.86. The summed E-state index contributed by atoms with van der Waals surface area (Å²) in [5, 5.41) is 13.9. The van der Waals surface area contributed by atoms with Gasteiger partial charge in [-0.1, -0.05) is 32.0 Å². The Morgan fingerprint density at radius 2 is 1.82 bits per heavy atom. The lowest BCUT2D eigenvalue weighted by atomic mass is 9.75. The number of rotatable bonds is 5. The molecule has 0 spiro atoms. The number of fused-ring (bicyclic) bond motifs is 1. The number of aliphatic hydroxyl groups excluding tert-OH is 1. The van der Waals surface area contributed by atoms with E-state index in [2.05, 4.69) is 26.3 Å². The van der Waals surface area contributed by atoms with Crippen LogP contribution in [0.3, 0.4) is 0 Å². The molecule has 28 heavy (non-hydrogen) atoms. The SMILES string of the molecule is CC(C)c1ncc(C(=O)N[C@H](c2cnc3ccccc3c2)C2CC(O)C2)cn1. The van der Waals surface area contributed by atoms with Gasteiger partial charge < -0.3 is 10.4 Å². The summed E-state index contributed by atoms with van der Waals surface area (Å²) in [6.07, 6.45) is 6.00. The second kappa shape index (κ2) is 7.64. The number of aromatic nitrogens is 3. The first kappa shape index (κ1) is 18.5. The predicted molar refractivity (Wildman–Crippen MR) is 107 cm³/mol. The maximum absolute atomic E-state index is 12.8. The van der Waals surface area contributed by atoms with Crippen LogP contribution in [-0.2, 0) is 0 Å². The monoisotopic (exact) mass is 376 g/mol. The molecule has 2 aromatic heterocycles. The highest BCUT2D eigenvalue weighted by Gasteiger charge is 2.36. The molecule has 144 valence electrons. The summed E-state index contributed by atoms with van der Waals surface area (Å²) in [5.41, 5.74) is 2.30. The topological polar surface area (TPSA) is 88.0 Å². The number of pyridine rings is 1. The van der Waals surface area contributed by atoms with Crippen molar-refractivity contribution in [3.8, 4) is 0 Å². The van der Waals surface area contributed by atoms with Gasteiger partial charge in [0.05, 0.1) is 23.2 Å². The van der Waals surface area contributed by atoms with Gasteiger partial charge in [-0.25, -0.2) is 9.97 Å². The highest BCUT2D eigenvalue weighted by molar-refractivity contribution is 5.94. The van der Waals surface area contributed by atoms with Gasteiger partial charge in [-0.15, -0.1) is 0 Å². The minimum absolute atomic E-state index is 0.178. The zero-order chi connectivity index (χ0) is 19.7. The Balaban J connectivity index is 1.59. The largest absolute Gasteiger partial charge is 0.393 e. The van der Waals surface area contributed by atoms with Crippen LogP contribution in [0.5, 0.6) is 0 Å². The van der Waals surface area contributed by atoms with Gasteiger partial charge in [0.2, 0.25) is 0 Å². The first-order chi connectivity index (χ1) is 13.5. The molecule has 2 N–H and O–H groups in total. The third-order valence-electron chi connectivity index (χ3n) is 5.33. The standard InChI is InChI=1S/C22H24N4O2/c1-13(2)21-24-11-17(12-25-21)22(28)26-20(15-8-18(27)9-15)16-7-14-5-3-4-6-19(14)23-10-16/h3-7,10-13,15,18,20,27H,8-9H2,1-2H3,(H,26,28)/t15?,18?,20-/m0/s1. The van der Waals surface area contributed by atoms with E-state index in [0.717, 1.165) is 16.5 Å². The first-order valence-corrected chi connectivity index (χ1v) is 9.67. The minimum Gasteiger partial charge on any atom is -0.393 e. The summed E-state index contributed by atoms with van der Waals surface area (Å²) in [5.74, 6) is 0.895. The van der Waals surface area contributed by atoms with E-state index in [4.69, 9.17) is 0 Å². The molecule has 1 atom stereocenters. The van der Waals surface area contributed by atoms with Crippen molar-refractivity contribution in [2.24, 2.45) is 5.92 Å². The fraction of sp³-hybridized carbons (Fsp3) is 0.364. The maximum atomic E-state index is 12.8. The Morgan fingerprint density at radius 3 is 2.50 bits per heavy atom. The van der Waals surface area contributed by atoms with E-state index in [1.54, 1.807) is 12.4 Å². The second-order valence-corrected chi connectivity index (χ2v) is 7.78. The molecular weight excluding hydrogens is 352 g/mol. The van der Waals surface area contributed by atoms with Crippen LogP contribution in [0.2, 0.25) is 0 Å². The number of nitrogens with zero attached hydrogens (tertiary/aromatic N) is 3. The van der Waals surface area contributed by atoms with Crippen LogP contribution in [0, 0.1) is 5.92 Å². The second-order valence-electron chi connectivity index (χ2n) is 7.78. The highest BCUT2D eigenvalue weighted by Crippen LogP contribution is 2.38. The molecule has 0 saturated heterocycles. The number of hydrogen-bond acceptors (Lipinski definition) is 5. The number of benzene rings is 1. The first-order valence-electron chi connectivity index (χ1n) is 9.67. The molecule has 4 rings (SSSR count). The lowest BCUT2D eigenvalue weighted by Gasteiger charge is -2.38. The van der Waals surface area contributed by atoms with Crippen LogP contribution in [0.15, 0.2) is 48.9 Å².